The molecule has 2 amide bonds. The van der Waals surface area contributed by atoms with Crippen molar-refractivity contribution >= 4 is 17.5 Å². The molecule has 0 radical (unpaired) electrons. The van der Waals surface area contributed by atoms with Crippen molar-refractivity contribution in [3.05, 3.63) is 83.5 Å². The molecule has 0 saturated carbocycles. The maximum Gasteiger partial charge on any atom is 0.319 e. The van der Waals surface area contributed by atoms with Gasteiger partial charge in [-0.3, -0.25) is 4.79 Å². The molecule has 3 N–H and O–H groups in total. The summed E-state index contributed by atoms with van der Waals surface area (Å²) >= 11 is 0. The first-order valence-corrected chi connectivity index (χ1v) is 9.94. The quantitative estimate of drug-likeness (QED) is 0.257. The van der Waals surface area contributed by atoms with E-state index in [0.29, 0.717) is 18.5 Å². The van der Waals surface area contributed by atoms with Gasteiger partial charge in [0.05, 0.1) is 5.69 Å². The summed E-state index contributed by atoms with van der Waals surface area (Å²) in [7, 11) is 0. The molecule has 5 nitrogen and oxygen atoms in total. The SMILES string of the molecule is O=C(NCCCCc1ccccc1)Nc1ccc(C(=O)C2=CCC=CC2)cc1O. The van der Waals surface area contributed by atoms with E-state index in [2.05, 4.69) is 22.8 Å². The summed E-state index contributed by atoms with van der Waals surface area (Å²) < 4.78 is 0. The Bertz CT molecular complexity index is 917. The van der Waals surface area contributed by atoms with Crippen LogP contribution in [0.3, 0.4) is 0 Å². The van der Waals surface area contributed by atoms with E-state index in [4.69, 9.17) is 0 Å². The van der Waals surface area contributed by atoms with Gasteiger partial charge >= 0.3 is 6.03 Å². The van der Waals surface area contributed by atoms with E-state index < -0.39 is 0 Å². The van der Waals surface area contributed by atoms with E-state index in [1.165, 1.54) is 11.6 Å². The number of ketones is 1. The van der Waals surface area contributed by atoms with Crippen molar-refractivity contribution in [3.63, 3.8) is 0 Å². The largest absolute Gasteiger partial charge is 0.506 e. The second-order valence-corrected chi connectivity index (χ2v) is 7.03. The fraction of sp³-hybridized carbons (Fsp3) is 0.250. The van der Waals surface area contributed by atoms with Gasteiger partial charge in [-0.2, -0.15) is 0 Å². The molecule has 0 aromatic heterocycles. The number of anilines is 1. The highest BCUT2D eigenvalue weighted by Crippen LogP contribution is 2.26. The molecule has 0 aliphatic heterocycles. The Morgan fingerprint density at radius 1 is 1.00 bits per heavy atom. The third-order valence-corrected chi connectivity index (χ3v) is 4.83. The summed E-state index contributed by atoms with van der Waals surface area (Å²) in [6.07, 6.45) is 10.1. The predicted octanol–water partition coefficient (Wildman–Crippen LogP) is 5.00. The molecule has 0 unspecified atom stereocenters. The lowest BCUT2D eigenvalue weighted by molar-refractivity contribution is 0.103. The topological polar surface area (TPSA) is 78.4 Å². The Morgan fingerprint density at radius 2 is 1.83 bits per heavy atom. The first kappa shape index (κ1) is 20.4. The molecule has 2 aromatic carbocycles. The van der Waals surface area contributed by atoms with E-state index in [9.17, 15) is 14.7 Å². The van der Waals surface area contributed by atoms with Crippen LogP contribution < -0.4 is 10.6 Å². The van der Waals surface area contributed by atoms with Crippen LogP contribution in [0.25, 0.3) is 0 Å². The Balaban J connectivity index is 1.44. The number of aromatic hydroxyl groups is 1. The highest BCUT2D eigenvalue weighted by molar-refractivity contribution is 6.09. The Labute approximate surface area is 171 Å². The van der Waals surface area contributed by atoms with Crippen LogP contribution in [0.15, 0.2) is 72.3 Å². The van der Waals surface area contributed by atoms with Crippen molar-refractivity contribution < 1.29 is 14.7 Å². The number of phenolic OH excluding ortho intramolecular Hbond substituents is 1. The Hall–Kier alpha value is -3.34. The number of benzene rings is 2. The van der Waals surface area contributed by atoms with Gasteiger partial charge in [-0.25, -0.2) is 4.79 Å². The van der Waals surface area contributed by atoms with Gasteiger partial charge in [0.15, 0.2) is 5.78 Å². The number of hydrogen-bond acceptors (Lipinski definition) is 3. The molecular weight excluding hydrogens is 364 g/mol. The third kappa shape index (κ3) is 6.07. The van der Waals surface area contributed by atoms with Gasteiger partial charge in [0.2, 0.25) is 0 Å². The number of amides is 2. The van der Waals surface area contributed by atoms with E-state index in [-0.39, 0.29) is 23.3 Å². The molecule has 150 valence electrons. The molecule has 1 aliphatic rings. The highest BCUT2D eigenvalue weighted by Gasteiger charge is 2.15. The van der Waals surface area contributed by atoms with Gasteiger partial charge in [0.1, 0.15) is 5.75 Å². The summed E-state index contributed by atoms with van der Waals surface area (Å²) in [4.78, 5) is 24.5. The van der Waals surface area contributed by atoms with Crippen LogP contribution in [-0.4, -0.2) is 23.5 Å². The molecule has 3 rings (SSSR count). The molecule has 0 atom stereocenters. The predicted molar refractivity (Wildman–Crippen MR) is 115 cm³/mol. The standard InChI is InChI=1S/C24H26N2O3/c27-22-17-20(23(28)19-12-5-2-6-13-19)14-15-21(22)26-24(29)25-16-8-7-11-18-9-3-1-4-10-18/h1-5,9-10,13-15,17,27H,6-8,11-12,16H2,(H2,25,26,29). The minimum Gasteiger partial charge on any atom is -0.506 e. The maximum absolute atomic E-state index is 12.5. The summed E-state index contributed by atoms with van der Waals surface area (Å²) in [6.45, 7) is 0.553. The lowest BCUT2D eigenvalue weighted by Gasteiger charge is -2.11. The van der Waals surface area contributed by atoms with Gasteiger partial charge in [-0.15, -0.1) is 0 Å². The number of urea groups is 1. The number of hydrogen-bond donors (Lipinski definition) is 3. The minimum atomic E-state index is -0.376. The second-order valence-electron chi connectivity index (χ2n) is 7.03. The highest BCUT2D eigenvalue weighted by atomic mass is 16.3. The number of allylic oxidation sites excluding steroid dienone is 4. The average Bonchev–Trinajstić information content (AvgIpc) is 2.76. The van der Waals surface area contributed by atoms with Crippen molar-refractivity contribution in [1.29, 1.82) is 0 Å². The van der Waals surface area contributed by atoms with Crippen LogP contribution in [0.2, 0.25) is 0 Å². The number of rotatable bonds is 8. The number of aryl methyl sites for hydroxylation is 1. The molecule has 29 heavy (non-hydrogen) atoms. The number of nitrogens with one attached hydrogen (secondary N) is 2. The van der Waals surface area contributed by atoms with Crippen molar-refractivity contribution in [2.24, 2.45) is 0 Å². The van der Waals surface area contributed by atoms with Crippen LogP contribution in [0.5, 0.6) is 5.75 Å². The smallest absolute Gasteiger partial charge is 0.319 e. The van der Waals surface area contributed by atoms with Gasteiger partial charge in [-0.05, 0) is 55.9 Å². The van der Waals surface area contributed by atoms with Gasteiger partial charge < -0.3 is 15.7 Å². The Kier molecular flexibility index (Phi) is 7.22. The molecule has 2 aromatic rings. The lowest BCUT2D eigenvalue weighted by atomic mass is 9.96. The normalized spacial score (nSPS) is 12.9. The molecular formula is C24H26N2O3. The molecule has 0 heterocycles. The van der Waals surface area contributed by atoms with Crippen molar-refractivity contribution in [1.82, 2.24) is 5.32 Å². The second kappa shape index (κ2) is 10.3. The maximum atomic E-state index is 12.5. The zero-order valence-electron chi connectivity index (χ0n) is 16.4. The number of unbranched alkanes of at least 4 members (excludes halogenated alkanes) is 1. The summed E-state index contributed by atoms with van der Waals surface area (Å²) in [5.41, 5.74) is 2.70. The third-order valence-electron chi connectivity index (χ3n) is 4.83. The first-order valence-electron chi connectivity index (χ1n) is 9.94. The molecule has 0 saturated heterocycles. The molecule has 0 bridgehead atoms. The van der Waals surface area contributed by atoms with Crippen molar-refractivity contribution in [2.75, 3.05) is 11.9 Å². The zero-order valence-corrected chi connectivity index (χ0v) is 16.4. The number of carbonyl (C=O) groups excluding carboxylic acids is 2. The monoisotopic (exact) mass is 390 g/mol. The molecule has 5 heteroatoms. The van der Waals surface area contributed by atoms with E-state index in [0.717, 1.165) is 31.3 Å². The van der Waals surface area contributed by atoms with Gasteiger partial charge in [0.25, 0.3) is 0 Å². The van der Waals surface area contributed by atoms with E-state index >= 15 is 0 Å². The number of phenols is 1. The average molecular weight is 390 g/mol. The first-order chi connectivity index (χ1) is 14.1. The molecule has 0 spiro atoms. The Morgan fingerprint density at radius 3 is 2.55 bits per heavy atom. The zero-order chi connectivity index (χ0) is 20.5. The van der Waals surface area contributed by atoms with Crippen molar-refractivity contribution in [2.45, 2.75) is 32.1 Å². The molecule has 1 aliphatic carbocycles. The summed E-state index contributed by atoms with van der Waals surface area (Å²) in [5, 5.41) is 15.6. The fourth-order valence-electron chi connectivity index (χ4n) is 3.22. The van der Waals surface area contributed by atoms with Crippen LogP contribution in [0, 0.1) is 0 Å². The summed E-state index contributed by atoms with van der Waals surface area (Å²) in [5.74, 6) is -0.221. The van der Waals surface area contributed by atoms with Crippen LogP contribution in [0.1, 0.15) is 41.6 Å². The minimum absolute atomic E-state index is 0.0981. The van der Waals surface area contributed by atoms with Gasteiger partial charge in [0, 0.05) is 17.7 Å². The van der Waals surface area contributed by atoms with Crippen molar-refractivity contribution in [3.8, 4) is 5.75 Å². The fourth-order valence-corrected chi connectivity index (χ4v) is 3.22. The lowest BCUT2D eigenvalue weighted by Crippen LogP contribution is -2.29. The molecule has 0 fully saturated rings. The van der Waals surface area contributed by atoms with Gasteiger partial charge in [-0.1, -0.05) is 48.6 Å². The summed E-state index contributed by atoms with van der Waals surface area (Å²) in [6, 6.07) is 14.4. The van der Waals surface area contributed by atoms with E-state index in [1.54, 1.807) is 12.1 Å². The number of carbonyl (C=O) groups is 2. The van der Waals surface area contributed by atoms with Crippen LogP contribution >= 0.6 is 0 Å². The number of Topliss-reactive ketones (excluding diaryl/α,β-unsaturated/α-hetero) is 1. The van der Waals surface area contributed by atoms with Crippen LogP contribution in [-0.2, 0) is 6.42 Å². The van der Waals surface area contributed by atoms with Crippen LogP contribution in [0.4, 0.5) is 10.5 Å². The van der Waals surface area contributed by atoms with E-state index in [1.807, 2.05) is 36.4 Å².